The van der Waals surface area contributed by atoms with Crippen LogP contribution in [0.3, 0.4) is 0 Å². The summed E-state index contributed by atoms with van der Waals surface area (Å²) in [6.07, 6.45) is -3.19. The lowest BCUT2D eigenvalue weighted by Gasteiger charge is -2.22. The Morgan fingerprint density at radius 1 is 1.41 bits per heavy atom. The standard InChI is InChI=1S/C14H13F3N2O2S/c1-2-7-19(9-14(15,16)17)12(20)8-22-13-18-10-5-3-4-6-11(10)21-13/h2-6H,1,7-9H2. The van der Waals surface area contributed by atoms with E-state index in [1.54, 1.807) is 24.3 Å². The summed E-state index contributed by atoms with van der Waals surface area (Å²) in [5.74, 6) is -0.832. The van der Waals surface area contributed by atoms with Gasteiger partial charge in [-0.1, -0.05) is 30.0 Å². The smallest absolute Gasteiger partial charge is 0.406 e. The summed E-state index contributed by atoms with van der Waals surface area (Å²) in [4.78, 5) is 16.7. The zero-order chi connectivity index (χ0) is 16.2. The predicted molar refractivity (Wildman–Crippen MR) is 77.6 cm³/mol. The number of halogens is 3. The summed E-state index contributed by atoms with van der Waals surface area (Å²) in [5.41, 5.74) is 1.20. The van der Waals surface area contributed by atoms with E-state index in [1.165, 1.54) is 6.08 Å². The molecule has 1 aromatic heterocycles. The maximum Gasteiger partial charge on any atom is 0.406 e. The molecule has 0 bridgehead atoms. The minimum Gasteiger partial charge on any atom is -0.431 e. The number of alkyl halides is 3. The third-order valence-electron chi connectivity index (χ3n) is 2.67. The van der Waals surface area contributed by atoms with E-state index in [2.05, 4.69) is 11.6 Å². The highest BCUT2D eigenvalue weighted by atomic mass is 32.2. The third-order valence-corrected chi connectivity index (χ3v) is 3.48. The van der Waals surface area contributed by atoms with Crippen LogP contribution in [0.2, 0.25) is 0 Å². The normalized spacial score (nSPS) is 11.6. The lowest BCUT2D eigenvalue weighted by Crippen LogP contribution is -2.40. The van der Waals surface area contributed by atoms with Crippen LogP contribution in [0.5, 0.6) is 0 Å². The van der Waals surface area contributed by atoms with Crippen LogP contribution in [0.25, 0.3) is 11.1 Å². The Balaban J connectivity index is 1.98. The number of para-hydroxylation sites is 2. The van der Waals surface area contributed by atoms with E-state index >= 15 is 0 Å². The fourth-order valence-corrected chi connectivity index (χ4v) is 2.50. The van der Waals surface area contributed by atoms with Crippen LogP contribution in [-0.2, 0) is 4.79 Å². The summed E-state index contributed by atoms with van der Waals surface area (Å²) in [6.45, 7) is 1.90. The van der Waals surface area contributed by atoms with Gasteiger partial charge in [0.25, 0.3) is 5.22 Å². The van der Waals surface area contributed by atoms with E-state index in [0.717, 1.165) is 11.8 Å². The second kappa shape index (κ2) is 6.87. The Morgan fingerprint density at radius 2 is 2.14 bits per heavy atom. The molecule has 8 heteroatoms. The number of amides is 1. The van der Waals surface area contributed by atoms with Gasteiger partial charge in [0, 0.05) is 6.54 Å². The number of thioether (sulfide) groups is 1. The minimum atomic E-state index is -4.44. The Hall–Kier alpha value is -1.96. The van der Waals surface area contributed by atoms with Gasteiger partial charge < -0.3 is 9.32 Å². The summed E-state index contributed by atoms with van der Waals surface area (Å²) in [5, 5.41) is 0.250. The van der Waals surface area contributed by atoms with Crippen molar-refractivity contribution in [2.75, 3.05) is 18.8 Å². The lowest BCUT2D eigenvalue weighted by atomic mass is 10.3. The number of nitrogens with zero attached hydrogens (tertiary/aromatic N) is 2. The first-order chi connectivity index (χ1) is 10.4. The minimum absolute atomic E-state index is 0.160. The van der Waals surface area contributed by atoms with Gasteiger partial charge in [0.1, 0.15) is 12.1 Å². The molecule has 22 heavy (non-hydrogen) atoms. The van der Waals surface area contributed by atoms with Crippen molar-refractivity contribution in [1.82, 2.24) is 9.88 Å². The number of carbonyl (C=O) groups is 1. The lowest BCUT2D eigenvalue weighted by molar-refractivity contribution is -0.158. The fraction of sp³-hybridized carbons (Fsp3) is 0.286. The highest BCUT2D eigenvalue weighted by molar-refractivity contribution is 7.99. The van der Waals surface area contributed by atoms with Crippen molar-refractivity contribution in [2.24, 2.45) is 0 Å². The molecule has 0 radical (unpaired) electrons. The van der Waals surface area contributed by atoms with Gasteiger partial charge in [-0.15, -0.1) is 6.58 Å². The van der Waals surface area contributed by atoms with Gasteiger partial charge in [-0.2, -0.15) is 13.2 Å². The maximum absolute atomic E-state index is 12.4. The van der Waals surface area contributed by atoms with Gasteiger partial charge in [-0.25, -0.2) is 4.98 Å². The first kappa shape index (κ1) is 16.4. The Morgan fingerprint density at radius 3 is 2.77 bits per heavy atom. The van der Waals surface area contributed by atoms with E-state index in [1.807, 2.05) is 0 Å². The Bertz CT molecular complexity index is 636. The topological polar surface area (TPSA) is 46.3 Å². The van der Waals surface area contributed by atoms with E-state index in [9.17, 15) is 18.0 Å². The van der Waals surface area contributed by atoms with Crippen molar-refractivity contribution in [3.63, 3.8) is 0 Å². The third kappa shape index (κ3) is 4.52. The average molecular weight is 330 g/mol. The molecule has 0 atom stereocenters. The largest absolute Gasteiger partial charge is 0.431 e. The van der Waals surface area contributed by atoms with Crippen molar-refractivity contribution in [3.05, 3.63) is 36.9 Å². The zero-order valence-electron chi connectivity index (χ0n) is 11.5. The van der Waals surface area contributed by atoms with Crippen molar-refractivity contribution >= 4 is 28.8 Å². The van der Waals surface area contributed by atoms with E-state index in [0.29, 0.717) is 16.0 Å². The van der Waals surface area contributed by atoms with Crippen LogP contribution in [0, 0.1) is 0 Å². The molecule has 0 N–H and O–H groups in total. The molecule has 0 fully saturated rings. The van der Waals surface area contributed by atoms with Gasteiger partial charge in [-0.3, -0.25) is 4.79 Å². The number of rotatable bonds is 6. The number of fused-ring (bicyclic) bond motifs is 1. The second-order valence-corrected chi connectivity index (χ2v) is 5.34. The van der Waals surface area contributed by atoms with Crippen molar-refractivity contribution in [2.45, 2.75) is 11.4 Å². The average Bonchev–Trinajstić information content (AvgIpc) is 2.85. The number of oxazole rings is 1. The van der Waals surface area contributed by atoms with Crippen molar-refractivity contribution in [3.8, 4) is 0 Å². The van der Waals surface area contributed by atoms with E-state index in [4.69, 9.17) is 4.42 Å². The Kier molecular flexibility index (Phi) is 5.12. The maximum atomic E-state index is 12.4. The zero-order valence-corrected chi connectivity index (χ0v) is 12.3. The molecule has 0 saturated carbocycles. The van der Waals surface area contributed by atoms with E-state index < -0.39 is 18.6 Å². The summed E-state index contributed by atoms with van der Waals surface area (Å²) in [7, 11) is 0. The number of carbonyl (C=O) groups excluding carboxylic acids is 1. The van der Waals surface area contributed by atoms with Crippen LogP contribution in [-0.4, -0.2) is 40.8 Å². The van der Waals surface area contributed by atoms with Gasteiger partial charge in [-0.05, 0) is 12.1 Å². The molecule has 1 heterocycles. The van der Waals surface area contributed by atoms with Crippen LogP contribution in [0.15, 0.2) is 46.6 Å². The van der Waals surface area contributed by atoms with Gasteiger partial charge in [0.05, 0.1) is 5.75 Å². The first-order valence-corrected chi connectivity index (χ1v) is 7.31. The van der Waals surface area contributed by atoms with Gasteiger partial charge in [0.15, 0.2) is 5.58 Å². The molecule has 1 aromatic carbocycles. The van der Waals surface area contributed by atoms with Gasteiger partial charge in [0.2, 0.25) is 5.91 Å². The van der Waals surface area contributed by atoms with Crippen molar-refractivity contribution in [1.29, 1.82) is 0 Å². The SMILES string of the molecule is C=CCN(CC(F)(F)F)C(=O)CSc1nc2ccccc2o1. The molecule has 0 spiro atoms. The molecule has 0 aliphatic rings. The molecule has 2 aromatic rings. The van der Waals surface area contributed by atoms with Gasteiger partial charge >= 0.3 is 6.18 Å². The summed E-state index contributed by atoms with van der Waals surface area (Å²) in [6, 6.07) is 7.04. The monoisotopic (exact) mass is 330 g/mol. The molecule has 118 valence electrons. The van der Waals surface area contributed by atoms with Crippen molar-refractivity contribution < 1.29 is 22.4 Å². The Labute approximate surface area is 129 Å². The predicted octanol–water partition coefficient (Wildman–Crippen LogP) is 3.50. The number of benzene rings is 1. The quantitative estimate of drug-likeness (QED) is 0.601. The molecular weight excluding hydrogens is 317 g/mol. The van der Waals surface area contributed by atoms with Crippen LogP contribution in [0.4, 0.5) is 13.2 Å². The summed E-state index contributed by atoms with van der Waals surface area (Å²) >= 11 is 0.964. The van der Waals surface area contributed by atoms with E-state index in [-0.39, 0.29) is 17.5 Å². The molecule has 1 amide bonds. The molecule has 0 saturated heterocycles. The number of hydrogen-bond donors (Lipinski definition) is 0. The highest BCUT2D eigenvalue weighted by Gasteiger charge is 2.32. The molecule has 0 unspecified atom stereocenters. The molecule has 4 nitrogen and oxygen atoms in total. The number of hydrogen-bond acceptors (Lipinski definition) is 4. The fourth-order valence-electron chi connectivity index (χ4n) is 1.75. The highest BCUT2D eigenvalue weighted by Crippen LogP contribution is 2.24. The van der Waals surface area contributed by atoms with Crippen LogP contribution >= 0.6 is 11.8 Å². The molecule has 0 aliphatic carbocycles. The second-order valence-electron chi connectivity index (χ2n) is 4.41. The van der Waals surface area contributed by atoms with Crippen LogP contribution in [0.1, 0.15) is 0 Å². The van der Waals surface area contributed by atoms with Crippen LogP contribution < -0.4 is 0 Å². The molecular formula is C14H13F3N2O2S. The summed E-state index contributed by atoms with van der Waals surface area (Å²) < 4.78 is 42.7. The molecule has 0 aliphatic heterocycles. The molecule has 2 rings (SSSR count). The number of aromatic nitrogens is 1. The first-order valence-electron chi connectivity index (χ1n) is 6.33.